The first-order valence-corrected chi connectivity index (χ1v) is 13.9. The molecule has 1 aliphatic heterocycles. The van der Waals surface area contributed by atoms with Crippen LogP contribution < -0.4 is 27.0 Å². The number of ether oxygens (including phenoxy) is 1. The van der Waals surface area contributed by atoms with Crippen LogP contribution in [0.15, 0.2) is 48.6 Å². The standard InChI is InChI=1S/C30H37N7O5/c1-17(38)34-26-16-19-10-12-23-21(15-19)20-14-18(9-11-22(20)35-23)6-3-4-7-25(29(41)42-2)37-27(39)24(36-28(26)40)8-5-13-33-30(31)32/h3-4,9-12,14-15,24-26,35H,5-8,13,16H2,1-2H3,(H,34,38)(H,36,40)(H,37,39)(H4,31,32,33)/b4-3+/t24-,25-,26?/m0/s1. The van der Waals surface area contributed by atoms with Crippen molar-refractivity contribution < 1.29 is 23.9 Å². The topological polar surface area (TPSA) is 191 Å². The second-order valence-electron chi connectivity index (χ2n) is 10.4. The van der Waals surface area contributed by atoms with E-state index in [2.05, 4.69) is 32.3 Å². The quantitative estimate of drug-likeness (QED) is 0.0757. The van der Waals surface area contributed by atoms with Crippen LogP contribution in [0.25, 0.3) is 21.8 Å². The van der Waals surface area contributed by atoms with Crippen molar-refractivity contribution in [3.63, 3.8) is 0 Å². The molecule has 1 unspecified atom stereocenters. The van der Waals surface area contributed by atoms with Gasteiger partial charge in [0.2, 0.25) is 17.7 Å². The normalized spacial score (nSPS) is 20.5. The van der Waals surface area contributed by atoms with Crippen LogP contribution in [0.1, 0.15) is 37.3 Å². The summed E-state index contributed by atoms with van der Waals surface area (Å²) in [6.45, 7) is 1.63. The highest BCUT2D eigenvalue weighted by atomic mass is 16.5. The van der Waals surface area contributed by atoms with Gasteiger partial charge in [0.25, 0.3) is 0 Å². The summed E-state index contributed by atoms with van der Waals surface area (Å²) in [5.41, 5.74) is 9.20. The molecule has 3 aromatic rings. The largest absolute Gasteiger partial charge is 0.467 e. The zero-order chi connectivity index (χ0) is 30.2. The Kier molecular flexibility index (Phi) is 9.79. The van der Waals surface area contributed by atoms with Crippen molar-refractivity contribution in [3.8, 4) is 0 Å². The average molecular weight is 576 g/mol. The molecular weight excluding hydrogens is 538 g/mol. The molecule has 42 heavy (non-hydrogen) atoms. The molecule has 2 heterocycles. The molecule has 0 radical (unpaired) electrons. The van der Waals surface area contributed by atoms with Gasteiger partial charge in [0.1, 0.15) is 18.1 Å². The average Bonchev–Trinajstić information content (AvgIpc) is 3.31. The number of nitrogens with one attached hydrogen (secondary N) is 6. The highest BCUT2D eigenvalue weighted by molar-refractivity contribution is 6.07. The second-order valence-corrected chi connectivity index (χ2v) is 10.4. The van der Waals surface area contributed by atoms with E-state index in [4.69, 9.17) is 15.9 Å². The third kappa shape index (κ3) is 7.65. The fourth-order valence-corrected chi connectivity index (χ4v) is 5.09. The van der Waals surface area contributed by atoms with E-state index in [-0.39, 0.29) is 31.1 Å². The monoisotopic (exact) mass is 575 g/mol. The van der Waals surface area contributed by atoms with Gasteiger partial charge in [-0.3, -0.25) is 19.8 Å². The van der Waals surface area contributed by atoms with Gasteiger partial charge in [-0.05, 0) is 61.1 Å². The Morgan fingerprint density at radius 1 is 1.02 bits per heavy atom. The number of nitrogens with two attached hydrogens (primary N) is 1. The molecule has 12 nitrogen and oxygen atoms in total. The lowest BCUT2D eigenvalue weighted by atomic mass is 10.0. The van der Waals surface area contributed by atoms with E-state index in [1.54, 1.807) is 0 Å². The van der Waals surface area contributed by atoms with E-state index in [1.807, 2.05) is 42.5 Å². The van der Waals surface area contributed by atoms with Crippen LogP contribution in [0.3, 0.4) is 0 Å². The Morgan fingerprint density at radius 2 is 1.71 bits per heavy atom. The summed E-state index contributed by atoms with van der Waals surface area (Å²) in [4.78, 5) is 55.0. The van der Waals surface area contributed by atoms with Gasteiger partial charge in [0.15, 0.2) is 5.96 Å². The summed E-state index contributed by atoms with van der Waals surface area (Å²) >= 11 is 0. The van der Waals surface area contributed by atoms with E-state index in [0.717, 1.165) is 32.9 Å². The first-order chi connectivity index (χ1) is 20.1. The third-order valence-corrected chi connectivity index (χ3v) is 7.17. The molecule has 2 aromatic carbocycles. The third-order valence-electron chi connectivity index (χ3n) is 7.17. The molecule has 0 saturated carbocycles. The molecule has 3 atom stereocenters. The van der Waals surface area contributed by atoms with E-state index < -0.39 is 35.9 Å². The van der Waals surface area contributed by atoms with Gasteiger partial charge in [-0.25, -0.2) is 4.79 Å². The number of benzene rings is 2. The van der Waals surface area contributed by atoms with Crippen LogP contribution >= 0.6 is 0 Å². The van der Waals surface area contributed by atoms with E-state index in [0.29, 0.717) is 19.4 Å². The number of H-pyrrole nitrogens is 1. The molecule has 0 spiro atoms. The number of guanidine groups is 1. The minimum absolute atomic E-state index is 0.191. The highest BCUT2D eigenvalue weighted by Gasteiger charge is 2.29. The van der Waals surface area contributed by atoms with Crippen molar-refractivity contribution in [1.82, 2.24) is 26.3 Å². The summed E-state index contributed by atoms with van der Waals surface area (Å²) in [5, 5.41) is 20.2. The van der Waals surface area contributed by atoms with Gasteiger partial charge in [-0.1, -0.05) is 24.3 Å². The van der Waals surface area contributed by atoms with Crippen molar-refractivity contribution in [1.29, 1.82) is 5.41 Å². The fraction of sp³-hybridized carbons (Fsp3) is 0.367. The minimum atomic E-state index is -1.02. The number of carbonyl (C=O) groups excluding carboxylic acids is 4. The molecule has 3 amide bonds. The molecule has 0 saturated heterocycles. The number of carbonyl (C=O) groups is 4. The molecule has 222 valence electrons. The van der Waals surface area contributed by atoms with Gasteiger partial charge in [0.05, 0.1) is 7.11 Å². The van der Waals surface area contributed by atoms with Gasteiger partial charge in [-0.15, -0.1) is 0 Å². The maximum absolute atomic E-state index is 13.5. The smallest absolute Gasteiger partial charge is 0.328 e. The Balaban J connectivity index is 1.71. The molecule has 8 N–H and O–H groups in total. The molecule has 1 aliphatic rings. The summed E-state index contributed by atoms with van der Waals surface area (Å²) in [7, 11) is 1.25. The number of hydrogen-bond acceptors (Lipinski definition) is 6. The van der Waals surface area contributed by atoms with Gasteiger partial charge < -0.3 is 36.7 Å². The predicted molar refractivity (Wildman–Crippen MR) is 160 cm³/mol. The Bertz CT molecular complexity index is 1530. The van der Waals surface area contributed by atoms with Crippen LogP contribution in [0.5, 0.6) is 0 Å². The van der Waals surface area contributed by atoms with Gasteiger partial charge in [-0.2, -0.15) is 0 Å². The molecule has 4 rings (SSSR count). The van der Waals surface area contributed by atoms with Crippen molar-refractivity contribution in [2.45, 2.75) is 57.2 Å². The predicted octanol–water partition coefficient (Wildman–Crippen LogP) is 1.28. The molecule has 4 bridgehead atoms. The van der Waals surface area contributed by atoms with Crippen LogP contribution in [0.4, 0.5) is 0 Å². The summed E-state index contributed by atoms with van der Waals surface area (Å²) < 4.78 is 4.92. The zero-order valence-electron chi connectivity index (χ0n) is 23.7. The Morgan fingerprint density at radius 3 is 2.38 bits per heavy atom. The maximum atomic E-state index is 13.5. The second kappa shape index (κ2) is 13.7. The number of fused-ring (bicyclic) bond motifs is 2. The minimum Gasteiger partial charge on any atom is -0.467 e. The van der Waals surface area contributed by atoms with E-state index in [1.165, 1.54) is 14.0 Å². The van der Waals surface area contributed by atoms with Gasteiger partial charge in [0, 0.05) is 41.7 Å². The van der Waals surface area contributed by atoms with Crippen LogP contribution in [-0.4, -0.2) is 66.4 Å². The number of amides is 3. The molecule has 1 aromatic heterocycles. The number of aromatic nitrogens is 1. The number of hydrogen-bond donors (Lipinski definition) is 7. The van der Waals surface area contributed by atoms with E-state index in [9.17, 15) is 19.2 Å². The summed E-state index contributed by atoms with van der Waals surface area (Å²) in [6.07, 6.45) is 5.35. The number of esters is 1. The SMILES string of the molecule is COC(=O)[C@@H]1C/C=C/Cc2ccc3[nH]c4ccc(cc4c3c2)CC(NC(C)=O)C(=O)N[C@@H](CCCNC(=N)N)C(=O)N1. The Hall–Kier alpha value is -4.87. The lowest BCUT2D eigenvalue weighted by Crippen LogP contribution is -2.56. The molecule has 12 heteroatoms. The number of allylic oxidation sites excluding steroid dienone is 1. The zero-order valence-corrected chi connectivity index (χ0v) is 23.7. The lowest BCUT2D eigenvalue weighted by molar-refractivity contribution is -0.145. The number of methoxy groups -OCH3 is 1. The number of aromatic amines is 1. The molecule has 0 fully saturated rings. The number of rotatable bonds is 6. The van der Waals surface area contributed by atoms with Crippen molar-refractivity contribution >= 4 is 51.5 Å². The highest BCUT2D eigenvalue weighted by Crippen LogP contribution is 2.28. The summed E-state index contributed by atoms with van der Waals surface area (Å²) in [6, 6.07) is 9.08. The van der Waals surface area contributed by atoms with E-state index >= 15 is 0 Å². The maximum Gasteiger partial charge on any atom is 0.328 e. The first kappa shape index (κ1) is 30.1. The van der Waals surface area contributed by atoms with Crippen LogP contribution in [0, 0.1) is 5.41 Å². The lowest BCUT2D eigenvalue weighted by Gasteiger charge is -2.25. The molecule has 0 aliphatic carbocycles. The van der Waals surface area contributed by atoms with Crippen molar-refractivity contribution in [2.75, 3.05) is 13.7 Å². The summed E-state index contributed by atoms with van der Waals surface area (Å²) in [5.74, 6) is -2.32. The first-order valence-electron chi connectivity index (χ1n) is 13.9. The Labute approximate surface area is 243 Å². The molecular formula is C30H37N7O5. The van der Waals surface area contributed by atoms with Gasteiger partial charge >= 0.3 is 5.97 Å². The van der Waals surface area contributed by atoms with Crippen LogP contribution in [-0.2, 0) is 36.8 Å². The van der Waals surface area contributed by atoms with Crippen molar-refractivity contribution in [3.05, 3.63) is 59.7 Å². The van der Waals surface area contributed by atoms with Crippen LogP contribution in [0.2, 0.25) is 0 Å². The fourth-order valence-electron chi connectivity index (χ4n) is 5.09. The van der Waals surface area contributed by atoms with Crippen molar-refractivity contribution in [2.24, 2.45) is 5.73 Å².